The fraction of sp³-hybridized carbons (Fsp3) is 0.278. The van der Waals surface area contributed by atoms with Crippen molar-refractivity contribution in [3.63, 3.8) is 0 Å². The van der Waals surface area contributed by atoms with E-state index in [0.717, 1.165) is 34.2 Å². The van der Waals surface area contributed by atoms with Crippen LogP contribution in [-0.4, -0.2) is 29.3 Å². The Morgan fingerprint density at radius 1 is 1.37 bits per heavy atom. The number of imide groups is 1. The van der Waals surface area contributed by atoms with E-state index in [2.05, 4.69) is 10.6 Å². The monoisotopic (exact) mass is 407 g/mol. The maximum absolute atomic E-state index is 13.8. The Morgan fingerprint density at radius 3 is 2.96 bits per heavy atom. The second kappa shape index (κ2) is 6.61. The van der Waals surface area contributed by atoms with Gasteiger partial charge in [-0.2, -0.15) is 0 Å². The number of hydrogen-bond acceptors (Lipinski definition) is 4. The first-order chi connectivity index (χ1) is 12.9. The first-order valence-electron chi connectivity index (χ1n) is 8.36. The Labute approximate surface area is 163 Å². The lowest BCUT2D eigenvalue weighted by Crippen LogP contribution is -2.46. The van der Waals surface area contributed by atoms with Crippen LogP contribution >= 0.6 is 22.9 Å². The first-order valence-corrected chi connectivity index (χ1v) is 9.62. The van der Waals surface area contributed by atoms with Crippen LogP contribution in [0, 0.1) is 5.82 Å². The number of fused-ring (bicyclic) bond motifs is 2. The maximum Gasteiger partial charge on any atom is 0.325 e. The molecular formula is C18H15ClFN3O3S. The first kappa shape index (κ1) is 17.9. The minimum Gasteiger partial charge on any atom is -0.322 e. The summed E-state index contributed by atoms with van der Waals surface area (Å²) in [7, 11) is 0. The molecule has 1 fully saturated rings. The Morgan fingerprint density at radius 2 is 2.19 bits per heavy atom. The molecule has 1 aliphatic heterocycles. The average Bonchev–Trinajstić information content (AvgIpc) is 3.18. The van der Waals surface area contributed by atoms with Gasteiger partial charge >= 0.3 is 6.03 Å². The molecule has 2 aromatic rings. The molecule has 0 saturated carbocycles. The van der Waals surface area contributed by atoms with Gasteiger partial charge in [-0.05, 0) is 48.9 Å². The molecule has 1 atom stereocenters. The molecule has 2 N–H and O–H groups in total. The zero-order valence-corrected chi connectivity index (χ0v) is 15.6. The molecule has 27 heavy (non-hydrogen) atoms. The molecule has 9 heteroatoms. The second-order valence-corrected chi connectivity index (χ2v) is 7.95. The van der Waals surface area contributed by atoms with Gasteiger partial charge in [-0.3, -0.25) is 14.5 Å². The molecule has 140 valence electrons. The van der Waals surface area contributed by atoms with Crippen molar-refractivity contribution < 1.29 is 18.8 Å². The summed E-state index contributed by atoms with van der Waals surface area (Å²) in [5.74, 6) is -1.81. The lowest BCUT2D eigenvalue weighted by Gasteiger charge is -2.31. The molecule has 1 aliphatic carbocycles. The lowest BCUT2D eigenvalue weighted by molar-refractivity contribution is -0.134. The number of thiophene rings is 1. The third-order valence-corrected chi connectivity index (χ3v) is 6.06. The van der Waals surface area contributed by atoms with Crippen molar-refractivity contribution in [1.82, 2.24) is 10.2 Å². The molecule has 2 heterocycles. The van der Waals surface area contributed by atoms with Crippen LogP contribution in [0.2, 0.25) is 5.02 Å². The van der Waals surface area contributed by atoms with Crippen LogP contribution < -0.4 is 10.6 Å². The zero-order chi connectivity index (χ0) is 19.2. The highest BCUT2D eigenvalue weighted by molar-refractivity contribution is 7.10. The number of nitrogens with zero attached hydrogens (tertiary/aromatic N) is 1. The zero-order valence-electron chi connectivity index (χ0n) is 14.1. The maximum atomic E-state index is 13.8. The van der Waals surface area contributed by atoms with Crippen molar-refractivity contribution in [2.45, 2.75) is 24.8 Å². The lowest BCUT2D eigenvalue weighted by atomic mass is 9.80. The smallest absolute Gasteiger partial charge is 0.322 e. The molecule has 4 rings (SSSR count). The van der Waals surface area contributed by atoms with E-state index in [9.17, 15) is 18.8 Å². The number of nitrogens with one attached hydrogen (secondary N) is 2. The third kappa shape index (κ3) is 2.98. The number of carbonyl (C=O) groups is 3. The van der Waals surface area contributed by atoms with E-state index in [4.69, 9.17) is 11.6 Å². The molecule has 4 amide bonds. The van der Waals surface area contributed by atoms with E-state index in [0.29, 0.717) is 6.42 Å². The van der Waals surface area contributed by atoms with Crippen LogP contribution in [0.15, 0.2) is 29.6 Å². The Bertz CT molecular complexity index is 963. The molecule has 1 aromatic heterocycles. The van der Waals surface area contributed by atoms with E-state index < -0.39 is 35.7 Å². The number of benzene rings is 1. The summed E-state index contributed by atoms with van der Waals surface area (Å²) in [5, 5.41) is 7.24. The summed E-state index contributed by atoms with van der Waals surface area (Å²) < 4.78 is 13.8. The summed E-state index contributed by atoms with van der Waals surface area (Å²) in [6.07, 6.45) is 2.13. The fourth-order valence-electron chi connectivity index (χ4n) is 3.61. The third-order valence-electron chi connectivity index (χ3n) is 4.84. The highest BCUT2D eigenvalue weighted by atomic mass is 35.5. The van der Waals surface area contributed by atoms with Crippen molar-refractivity contribution in [3.8, 4) is 0 Å². The summed E-state index contributed by atoms with van der Waals surface area (Å²) in [4.78, 5) is 39.7. The quantitative estimate of drug-likeness (QED) is 0.766. The predicted octanol–water partition coefficient (Wildman–Crippen LogP) is 3.26. The molecule has 1 spiro atoms. The van der Waals surface area contributed by atoms with Crippen molar-refractivity contribution in [3.05, 3.63) is 50.9 Å². The van der Waals surface area contributed by atoms with Gasteiger partial charge in [-0.25, -0.2) is 9.18 Å². The Balaban J connectivity index is 1.53. The fourth-order valence-corrected chi connectivity index (χ4v) is 4.77. The number of urea groups is 1. The number of carbonyl (C=O) groups excluding carboxylic acids is 3. The largest absolute Gasteiger partial charge is 0.325 e. The van der Waals surface area contributed by atoms with Crippen molar-refractivity contribution in [2.75, 3.05) is 11.9 Å². The van der Waals surface area contributed by atoms with Gasteiger partial charge in [-0.1, -0.05) is 11.6 Å². The van der Waals surface area contributed by atoms with E-state index in [-0.39, 0.29) is 10.7 Å². The number of rotatable bonds is 3. The number of amides is 4. The molecule has 2 aliphatic rings. The molecule has 6 nitrogen and oxygen atoms in total. The summed E-state index contributed by atoms with van der Waals surface area (Å²) in [6.45, 7) is -0.492. The van der Waals surface area contributed by atoms with Crippen LogP contribution in [0.25, 0.3) is 0 Å². The van der Waals surface area contributed by atoms with Gasteiger partial charge in [0.2, 0.25) is 5.91 Å². The molecular weight excluding hydrogens is 393 g/mol. The Hall–Kier alpha value is -2.45. The van der Waals surface area contributed by atoms with E-state index in [1.165, 1.54) is 12.1 Å². The van der Waals surface area contributed by atoms with Gasteiger partial charge in [0.05, 0.1) is 5.69 Å². The van der Waals surface area contributed by atoms with E-state index >= 15 is 0 Å². The van der Waals surface area contributed by atoms with Gasteiger partial charge in [0.15, 0.2) is 0 Å². The van der Waals surface area contributed by atoms with Gasteiger partial charge < -0.3 is 10.6 Å². The number of halogens is 2. The van der Waals surface area contributed by atoms with Gasteiger partial charge in [0, 0.05) is 15.5 Å². The highest BCUT2D eigenvalue weighted by Crippen LogP contribution is 2.42. The van der Waals surface area contributed by atoms with Crippen molar-refractivity contribution >= 4 is 46.5 Å². The highest BCUT2D eigenvalue weighted by Gasteiger charge is 2.54. The predicted molar refractivity (Wildman–Crippen MR) is 99.2 cm³/mol. The molecule has 0 radical (unpaired) electrons. The molecule has 0 unspecified atom stereocenters. The minimum atomic E-state index is -1.10. The summed E-state index contributed by atoms with van der Waals surface area (Å²) in [5.41, 5.74) is -0.357. The number of hydrogen-bond donors (Lipinski definition) is 2. The van der Waals surface area contributed by atoms with Gasteiger partial charge in [0.1, 0.15) is 17.9 Å². The van der Waals surface area contributed by atoms with Gasteiger partial charge in [0.25, 0.3) is 5.91 Å². The molecule has 0 bridgehead atoms. The van der Waals surface area contributed by atoms with E-state index in [1.807, 2.05) is 11.4 Å². The van der Waals surface area contributed by atoms with Crippen molar-refractivity contribution in [2.24, 2.45) is 0 Å². The minimum absolute atomic E-state index is 0.0658. The number of aryl methyl sites for hydroxylation is 1. The molecule has 1 saturated heterocycles. The second-order valence-electron chi connectivity index (χ2n) is 6.51. The average molecular weight is 408 g/mol. The molecule has 1 aromatic carbocycles. The van der Waals surface area contributed by atoms with Gasteiger partial charge in [-0.15, -0.1) is 11.3 Å². The van der Waals surface area contributed by atoms with Crippen LogP contribution in [0.1, 0.15) is 23.3 Å². The van der Waals surface area contributed by atoms with Crippen molar-refractivity contribution in [1.29, 1.82) is 0 Å². The normalized spacial score (nSPS) is 21.3. The topological polar surface area (TPSA) is 78.5 Å². The van der Waals surface area contributed by atoms with Crippen LogP contribution in [0.5, 0.6) is 0 Å². The van der Waals surface area contributed by atoms with Crippen LogP contribution in [-0.2, 0) is 21.5 Å². The Kier molecular flexibility index (Phi) is 4.39. The summed E-state index contributed by atoms with van der Waals surface area (Å²) in [6, 6.07) is 5.06. The van der Waals surface area contributed by atoms with Crippen LogP contribution in [0.3, 0.4) is 0 Å². The number of anilines is 1. The summed E-state index contributed by atoms with van der Waals surface area (Å²) >= 11 is 7.24. The van der Waals surface area contributed by atoms with E-state index in [1.54, 1.807) is 11.3 Å². The SMILES string of the molecule is O=C(CN1C(=O)N[C@]2(CCCc3sccc32)C1=O)Nc1ccc(Cl)cc1F. The standard InChI is InChI=1S/C18H15ClFN3O3S/c19-10-3-4-13(12(20)8-10)21-15(24)9-23-16(25)18(22-17(23)26)6-1-2-14-11(18)5-7-27-14/h3-5,7-8H,1-2,6,9H2,(H,21,24)(H,22,26)/t18-/m0/s1. The van der Waals surface area contributed by atoms with Crippen LogP contribution in [0.4, 0.5) is 14.9 Å².